The van der Waals surface area contributed by atoms with E-state index in [4.69, 9.17) is 27.9 Å². The van der Waals surface area contributed by atoms with Crippen LogP contribution in [0.1, 0.15) is 22.0 Å². The first-order chi connectivity index (χ1) is 16.8. The zero-order chi connectivity index (χ0) is 24.9. The maximum absolute atomic E-state index is 13.8. The van der Waals surface area contributed by atoms with Crippen molar-refractivity contribution in [2.24, 2.45) is 5.92 Å². The van der Waals surface area contributed by atoms with Crippen molar-refractivity contribution in [3.8, 4) is 5.75 Å². The van der Waals surface area contributed by atoms with E-state index in [0.717, 1.165) is 4.90 Å². The maximum Gasteiger partial charge on any atom is 0.268 e. The molecule has 3 amide bonds. The van der Waals surface area contributed by atoms with Gasteiger partial charge in [0.1, 0.15) is 11.8 Å². The topological polar surface area (TPSA) is 79.0 Å². The van der Waals surface area contributed by atoms with Crippen LogP contribution < -0.4 is 15.1 Å². The molecule has 2 aliphatic rings. The van der Waals surface area contributed by atoms with Crippen LogP contribution in [0.4, 0.5) is 5.69 Å². The normalized spacial score (nSPS) is 21.4. The molecule has 7 nitrogen and oxygen atoms in total. The monoisotopic (exact) mass is 573 g/mol. The van der Waals surface area contributed by atoms with Crippen molar-refractivity contribution in [1.29, 1.82) is 0 Å². The third kappa shape index (κ3) is 4.00. The SMILES string of the molecule is COc1ccccc1C1NN(C(=O)c2cccc(Br)c2)C2C(=O)N(c3ccc(Cl)cc3Cl)C(=O)C12. The number of carbonyl (C=O) groups excluding carboxylic acids is 3. The summed E-state index contributed by atoms with van der Waals surface area (Å²) in [5.74, 6) is -1.84. The van der Waals surface area contributed by atoms with Crippen molar-refractivity contribution < 1.29 is 19.1 Å². The molecule has 3 aromatic carbocycles. The number of nitrogens with zero attached hydrogens (tertiary/aromatic N) is 2. The number of para-hydroxylation sites is 1. The van der Waals surface area contributed by atoms with E-state index in [-0.39, 0.29) is 10.7 Å². The number of benzene rings is 3. The van der Waals surface area contributed by atoms with E-state index in [2.05, 4.69) is 21.4 Å². The fourth-order valence-corrected chi connectivity index (χ4v) is 5.51. The highest BCUT2D eigenvalue weighted by molar-refractivity contribution is 9.10. The molecule has 3 unspecified atom stereocenters. The fourth-order valence-electron chi connectivity index (χ4n) is 4.62. The molecule has 10 heteroatoms. The Hall–Kier alpha value is -2.91. The van der Waals surface area contributed by atoms with Gasteiger partial charge in [0.15, 0.2) is 0 Å². The molecule has 178 valence electrons. The van der Waals surface area contributed by atoms with Crippen LogP contribution in [0.2, 0.25) is 10.0 Å². The standard InChI is InChI=1S/C25H18BrCl2N3O4/c1-35-19-8-3-2-7-16(19)21-20-22(31(29-21)23(32)13-5-4-6-14(26)11-13)25(34)30(24(20)33)18-10-9-15(27)12-17(18)28/h2-12,20-22,29H,1H3. The van der Waals surface area contributed by atoms with Crippen molar-refractivity contribution >= 4 is 62.5 Å². The first-order valence-corrected chi connectivity index (χ1v) is 12.2. The Balaban J connectivity index is 1.62. The third-order valence-electron chi connectivity index (χ3n) is 6.15. The van der Waals surface area contributed by atoms with E-state index in [1.165, 1.54) is 24.3 Å². The van der Waals surface area contributed by atoms with E-state index >= 15 is 0 Å². The average molecular weight is 575 g/mol. The summed E-state index contributed by atoms with van der Waals surface area (Å²) < 4.78 is 6.22. The summed E-state index contributed by atoms with van der Waals surface area (Å²) in [6.45, 7) is 0. The maximum atomic E-state index is 13.8. The molecule has 0 saturated carbocycles. The van der Waals surface area contributed by atoms with Crippen LogP contribution in [0.25, 0.3) is 0 Å². The van der Waals surface area contributed by atoms with E-state index in [1.807, 2.05) is 6.07 Å². The van der Waals surface area contributed by atoms with Crippen LogP contribution in [0, 0.1) is 5.92 Å². The van der Waals surface area contributed by atoms with Gasteiger partial charge in [0.2, 0.25) is 5.91 Å². The first kappa shape index (κ1) is 23.8. The zero-order valence-electron chi connectivity index (χ0n) is 18.2. The Morgan fingerprint density at radius 3 is 2.49 bits per heavy atom. The Bertz CT molecular complexity index is 1370. The molecule has 2 aliphatic heterocycles. The van der Waals surface area contributed by atoms with Gasteiger partial charge >= 0.3 is 0 Å². The largest absolute Gasteiger partial charge is 0.496 e. The van der Waals surface area contributed by atoms with Gasteiger partial charge in [-0.25, -0.2) is 10.3 Å². The second-order valence-electron chi connectivity index (χ2n) is 8.11. The lowest BCUT2D eigenvalue weighted by Gasteiger charge is -2.26. The van der Waals surface area contributed by atoms with E-state index in [9.17, 15) is 14.4 Å². The Morgan fingerprint density at radius 2 is 1.77 bits per heavy atom. The molecule has 35 heavy (non-hydrogen) atoms. The van der Waals surface area contributed by atoms with Gasteiger partial charge in [-0.2, -0.15) is 0 Å². The smallest absolute Gasteiger partial charge is 0.268 e. The van der Waals surface area contributed by atoms with E-state index < -0.39 is 35.7 Å². The average Bonchev–Trinajstić information content (AvgIpc) is 3.35. The molecule has 3 atom stereocenters. The van der Waals surface area contributed by atoms with Crippen LogP contribution >= 0.6 is 39.1 Å². The molecule has 2 heterocycles. The molecule has 3 aromatic rings. The van der Waals surface area contributed by atoms with Crippen LogP contribution in [0.5, 0.6) is 5.75 Å². The van der Waals surface area contributed by atoms with Gasteiger partial charge < -0.3 is 4.74 Å². The lowest BCUT2D eigenvalue weighted by atomic mass is 9.90. The van der Waals surface area contributed by atoms with E-state index in [0.29, 0.717) is 26.4 Å². The molecular formula is C25H18BrCl2N3O4. The summed E-state index contributed by atoms with van der Waals surface area (Å²) in [7, 11) is 1.52. The molecule has 0 bridgehead atoms. The number of hydrogen-bond donors (Lipinski definition) is 1. The number of anilines is 1. The van der Waals surface area contributed by atoms with Gasteiger partial charge in [0.25, 0.3) is 11.8 Å². The van der Waals surface area contributed by atoms with Crippen LogP contribution in [-0.4, -0.2) is 35.9 Å². The lowest BCUT2D eigenvalue weighted by molar-refractivity contribution is -0.123. The minimum atomic E-state index is -1.09. The number of fused-ring (bicyclic) bond motifs is 1. The first-order valence-electron chi connectivity index (χ1n) is 10.6. The van der Waals surface area contributed by atoms with Crippen LogP contribution in [0.15, 0.2) is 71.2 Å². The predicted octanol–water partition coefficient (Wildman–Crippen LogP) is 5.02. The molecule has 5 rings (SSSR count). The molecule has 0 aliphatic carbocycles. The summed E-state index contributed by atoms with van der Waals surface area (Å²) in [6.07, 6.45) is 0. The van der Waals surface area contributed by atoms with Crippen LogP contribution in [0.3, 0.4) is 0 Å². The number of nitrogens with one attached hydrogen (secondary N) is 1. The second kappa shape index (κ2) is 9.28. The highest BCUT2D eigenvalue weighted by Gasteiger charge is 2.61. The van der Waals surface area contributed by atoms with Crippen molar-refractivity contribution in [2.45, 2.75) is 12.1 Å². The summed E-state index contributed by atoms with van der Waals surface area (Å²) >= 11 is 15.8. The number of hydrazine groups is 1. The van der Waals surface area contributed by atoms with E-state index in [1.54, 1.807) is 48.5 Å². The van der Waals surface area contributed by atoms with Gasteiger partial charge in [0.05, 0.1) is 29.8 Å². The van der Waals surface area contributed by atoms with Crippen molar-refractivity contribution in [3.63, 3.8) is 0 Å². The number of methoxy groups -OCH3 is 1. The Morgan fingerprint density at radius 1 is 1.00 bits per heavy atom. The number of carbonyl (C=O) groups is 3. The number of imide groups is 1. The molecule has 0 spiro atoms. The molecule has 2 fully saturated rings. The van der Waals surface area contributed by atoms with Crippen molar-refractivity contribution in [2.75, 3.05) is 12.0 Å². The summed E-state index contributed by atoms with van der Waals surface area (Å²) in [4.78, 5) is 42.1. The molecule has 2 saturated heterocycles. The number of amides is 3. The minimum Gasteiger partial charge on any atom is -0.496 e. The number of hydrogen-bond acceptors (Lipinski definition) is 5. The van der Waals surface area contributed by atoms with Crippen molar-refractivity contribution in [1.82, 2.24) is 10.4 Å². The lowest BCUT2D eigenvalue weighted by Crippen LogP contribution is -2.48. The quantitative estimate of drug-likeness (QED) is 0.442. The summed E-state index contributed by atoms with van der Waals surface area (Å²) in [6, 6.07) is 16.8. The fraction of sp³-hybridized carbons (Fsp3) is 0.160. The molecule has 1 N–H and O–H groups in total. The summed E-state index contributed by atoms with van der Waals surface area (Å²) in [5.41, 5.74) is 4.35. The molecular weight excluding hydrogens is 557 g/mol. The van der Waals surface area contributed by atoms with Gasteiger partial charge in [-0.05, 0) is 42.5 Å². The highest BCUT2D eigenvalue weighted by Crippen LogP contribution is 2.45. The molecule has 0 radical (unpaired) electrons. The van der Waals surface area contributed by atoms with Gasteiger partial charge in [-0.1, -0.05) is 63.4 Å². The van der Waals surface area contributed by atoms with Gasteiger partial charge in [0, 0.05) is 20.6 Å². The van der Waals surface area contributed by atoms with Crippen molar-refractivity contribution in [3.05, 3.63) is 92.4 Å². The van der Waals surface area contributed by atoms with Gasteiger partial charge in [-0.3, -0.25) is 19.4 Å². The number of halogens is 3. The predicted molar refractivity (Wildman–Crippen MR) is 135 cm³/mol. The number of ether oxygens (including phenoxy) is 1. The van der Waals surface area contributed by atoms with Crippen LogP contribution in [-0.2, 0) is 9.59 Å². The minimum absolute atomic E-state index is 0.158. The Kier molecular flexibility index (Phi) is 6.31. The second-order valence-corrected chi connectivity index (χ2v) is 9.87. The Labute approximate surface area is 219 Å². The number of rotatable bonds is 4. The highest BCUT2D eigenvalue weighted by atomic mass is 79.9. The van der Waals surface area contributed by atoms with Gasteiger partial charge in [-0.15, -0.1) is 0 Å². The summed E-state index contributed by atoms with van der Waals surface area (Å²) in [5, 5.41) is 1.78. The third-order valence-corrected chi connectivity index (χ3v) is 7.18. The molecule has 0 aromatic heterocycles. The zero-order valence-corrected chi connectivity index (χ0v) is 21.3.